The number of aliphatic hydroxyl groups is 1. The average Bonchev–Trinajstić information content (AvgIpc) is 4.09. The fourth-order valence-electron chi connectivity index (χ4n) is 8.43. The van der Waals surface area contributed by atoms with Crippen molar-refractivity contribution in [3.63, 3.8) is 0 Å². The van der Waals surface area contributed by atoms with Crippen LogP contribution >= 0.6 is 0 Å². The number of aliphatic hydroxyl groups excluding tert-OH is 1. The first kappa shape index (κ1) is 37.9. The van der Waals surface area contributed by atoms with E-state index in [1.807, 2.05) is 55.4 Å². The van der Waals surface area contributed by atoms with E-state index in [4.69, 9.17) is 9.72 Å². The van der Waals surface area contributed by atoms with Gasteiger partial charge in [-0.15, -0.1) is 0 Å². The quantitative estimate of drug-likeness (QED) is 0.115. The summed E-state index contributed by atoms with van der Waals surface area (Å²) in [5, 5.41) is 15.8. The summed E-state index contributed by atoms with van der Waals surface area (Å²) in [4.78, 5) is 58.8. The van der Waals surface area contributed by atoms with Crippen molar-refractivity contribution in [3.05, 3.63) is 109 Å². The monoisotopic (exact) mass is 767 g/mol. The van der Waals surface area contributed by atoms with E-state index >= 15 is 0 Å². The lowest BCUT2D eigenvalue weighted by Crippen LogP contribution is -2.51. The summed E-state index contributed by atoms with van der Waals surface area (Å²) in [6, 6.07) is 20.1. The van der Waals surface area contributed by atoms with Crippen LogP contribution in [0.2, 0.25) is 0 Å². The number of alkyl carbamates (subject to hydrolysis) is 1. The van der Waals surface area contributed by atoms with Gasteiger partial charge in [0, 0.05) is 24.6 Å². The average molecular weight is 768 g/mol. The number of hydrogen-bond donors (Lipinski definition) is 4. The topological polar surface area (TPSA) is 157 Å². The molecule has 3 aliphatic rings. The number of hydrogen-bond acceptors (Lipinski definition) is 7. The summed E-state index contributed by atoms with van der Waals surface area (Å²) < 4.78 is 4.77. The van der Waals surface area contributed by atoms with Crippen molar-refractivity contribution < 1.29 is 24.2 Å². The van der Waals surface area contributed by atoms with Crippen LogP contribution in [0, 0.1) is 11.8 Å². The molecule has 12 nitrogen and oxygen atoms in total. The maximum absolute atomic E-state index is 13.6. The molecule has 0 saturated carbocycles. The van der Waals surface area contributed by atoms with E-state index in [-0.39, 0.29) is 35.7 Å². The fourth-order valence-corrected chi connectivity index (χ4v) is 8.43. The SMILES string of the molecule is COC(=O)NC(C(=O)N1CCCC1c1ncc(-c2ccc3cc(-c4ccc(-c5cnc(C6CCCN6C(=O)C(O)C6C=CC=CC6)[nH]5)cc4)ccc3c2)[nH]1)C(C)C. The smallest absolute Gasteiger partial charge is 0.407 e. The zero-order valence-electron chi connectivity index (χ0n) is 32.5. The Morgan fingerprint density at radius 1 is 0.772 bits per heavy atom. The van der Waals surface area contributed by atoms with Crippen LogP contribution in [0.15, 0.2) is 97.4 Å². The number of carbonyl (C=O) groups excluding carboxylic acids is 3. The number of nitrogens with one attached hydrogen (secondary N) is 3. The Bertz CT molecular complexity index is 2330. The number of ether oxygens (including phenoxy) is 1. The first-order valence-corrected chi connectivity index (χ1v) is 19.9. The highest BCUT2D eigenvalue weighted by molar-refractivity contribution is 5.91. The van der Waals surface area contributed by atoms with Gasteiger partial charge in [-0.05, 0) is 77.6 Å². The van der Waals surface area contributed by atoms with Gasteiger partial charge in [-0.3, -0.25) is 9.59 Å². The maximum Gasteiger partial charge on any atom is 0.407 e. The number of methoxy groups -OCH3 is 1. The first-order chi connectivity index (χ1) is 27.7. The highest BCUT2D eigenvalue weighted by atomic mass is 16.5. The number of amides is 3. The lowest BCUT2D eigenvalue weighted by Gasteiger charge is -2.30. The summed E-state index contributed by atoms with van der Waals surface area (Å²) in [5.74, 6) is 0.802. The number of benzene rings is 3. The van der Waals surface area contributed by atoms with E-state index in [0.29, 0.717) is 19.5 Å². The molecule has 3 aromatic carbocycles. The zero-order chi connectivity index (χ0) is 39.6. The van der Waals surface area contributed by atoms with Crippen molar-refractivity contribution in [2.45, 2.75) is 70.2 Å². The Kier molecular flexibility index (Phi) is 10.8. The van der Waals surface area contributed by atoms with Gasteiger partial charge in [0.25, 0.3) is 5.91 Å². The minimum atomic E-state index is -1.06. The Morgan fingerprint density at radius 3 is 1.93 bits per heavy atom. The van der Waals surface area contributed by atoms with E-state index in [1.165, 1.54) is 7.11 Å². The first-order valence-electron chi connectivity index (χ1n) is 19.9. The Balaban J connectivity index is 0.934. The lowest BCUT2D eigenvalue weighted by atomic mass is 9.94. The largest absolute Gasteiger partial charge is 0.453 e. The third-order valence-corrected chi connectivity index (χ3v) is 11.6. The van der Waals surface area contributed by atoms with Crippen LogP contribution in [-0.2, 0) is 14.3 Å². The molecule has 12 heteroatoms. The number of allylic oxidation sites excluding steroid dienone is 3. The van der Waals surface area contributed by atoms with Gasteiger partial charge in [0.1, 0.15) is 23.8 Å². The van der Waals surface area contributed by atoms with Gasteiger partial charge in [-0.25, -0.2) is 14.8 Å². The molecule has 0 spiro atoms. The molecule has 57 heavy (non-hydrogen) atoms. The molecule has 8 rings (SSSR count). The molecule has 2 aliphatic heterocycles. The van der Waals surface area contributed by atoms with Crippen molar-refractivity contribution >= 4 is 28.7 Å². The number of likely N-dealkylation sites (tertiary alicyclic amines) is 2. The van der Waals surface area contributed by atoms with Crippen molar-refractivity contribution in [1.29, 1.82) is 0 Å². The molecule has 4 heterocycles. The van der Waals surface area contributed by atoms with Gasteiger partial charge in [0.05, 0.1) is 43.0 Å². The van der Waals surface area contributed by atoms with E-state index in [0.717, 1.165) is 81.7 Å². The molecule has 2 fully saturated rings. The number of aromatic amines is 2. The van der Waals surface area contributed by atoms with Crippen LogP contribution in [0.5, 0.6) is 0 Å². The molecule has 5 aromatic rings. The van der Waals surface area contributed by atoms with E-state index in [9.17, 15) is 19.5 Å². The number of carbonyl (C=O) groups is 3. The summed E-state index contributed by atoms with van der Waals surface area (Å²) in [6.07, 6.45) is 13.7. The molecule has 4 N–H and O–H groups in total. The molecular formula is C45H49N7O5. The van der Waals surface area contributed by atoms with E-state index in [1.54, 1.807) is 4.90 Å². The van der Waals surface area contributed by atoms with Crippen LogP contribution in [0.4, 0.5) is 4.79 Å². The number of imidazole rings is 2. The second-order valence-corrected chi connectivity index (χ2v) is 15.6. The molecule has 5 atom stereocenters. The standard InChI is InChI=1S/C45H49N7O5/c1-27(2)39(50-45(56)57-3)43(54)51-21-7-11-37(51)41-47-26-36(49-41)34-20-19-32-23-31(17-18-33(32)24-34)28-13-15-29(16-14-28)35-25-46-42(48-35)38-12-8-22-52(38)44(55)40(53)30-9-5-4-6-10-30/h4-6,9,13-20,23-27,30,37-40,53H,7-8,10-12,21-22H2,1-3H3,(H,46,48)(H,47,49)(H,50,56). The molecule has 0 bridgehead atoms. The van der Waals surface area contributed by atoms with Crippen molar-refractivity contribution in [2.75, 3.05) is 20.2 Å². The molecule has 1 aliphatic carbocycles. The summed E-state index contributed by atoms with van der Waals surface area (Å²) >= 11 is 0. The second kappa shape index (κ2) is 16.2. The number of aromatic nitrogens is 4. The van der Waals surface area contributed by atoms with Gasteiger partial charge in [0.2, 0.25) is 5.91 Å². The molecule has 2 aromatic heterocycles. The van der Waals surface area contributed by atoms with Crippen LogP contribution in [0.3, 0.4) is 0 Å². The van der Waals surface area contributed by atoms with Crippen molar-refractivity contribution in [2.24, 2.45) is 11.8 Å². The minimum absolute atomic E-state index is 0.101. The summed E-state index contributed by atoms with van der Waals surface area (Å²) in [7, 11) is 1.29. The lowest BCUT2D eigenvalue weighted by molar-refractivity contribution is -0.143. The fraction of sp³-hybridized carbons (Fsp3) is 0.356. The summed E-state index contributed by atoms with van der Waals surface area (Å²) in [6.45, 7) is 5.02. The van der Waals surface area contributed by atoms with Crippen LogP contribution in [0.1, 0.15) is 69.7 Å². The maximum atomic E-state index is 13.6. The van der Waals surface area contributed by atoms with Gasteiger partial charge in [-0.2, -0.15) is 0 Å². The second-order valence-electron chi connectivity index (χ2n) is 15.6. The normalized spacial score (nSPS) is 20.3. The Morgan fingerprint density at radius 2 is 1.33 bits per heavy atom. The number of nitrogens with zero attached hydrogens (tertiary/aromatic N) is 4. The van der Waals surface area contributed by atoms with Gasteiger partial charge in [0.15, 0.2) is 0 Å². The van der Waals surface area contributed by atoms with Crippen LogP contribution in [0.25, 0.3) is 44.4 Å². The molecule has 5 unspecified atom stereocenters. The molecular weight excluding hydrogens is 719 g/mol. The zero-order valence-corrected chi connectivity index (χ0v) is 32.5. The van der Waals surface area contributed by atoms with Gasteiger partial charge in [-0.1, -0.05) is 86.7 Å². The van der Waals surface area contributed by atoms with Gasteiger partial charge < -0.3 is 34.9 Å². The minimum Gasteiger partial charge on any atom is -0.453 e. The highest BCUT2D eigenvalue weighted by Gasteiger charge is 2.38. The third-order valence-electron chi connectivity index (χ3n) is 11.6. The highest BCUT2D eigenvalue weighted by Crippen LogP contribution is 2.36. The van der Waals surface area contributed by atoms with Crippen molar-refractivity contribution in [3.8, 4) is 33.6 Å². The summed E-state index contributed by atoms with van der Waals surface area (Å²) in [5.41, 5.74) is 5.95. The van der Waals surface area contributed by atoms with Crippen LogP contribution in [-0.4, -0.2) is 85.1 Å². The number of rotatable bonds is 10. The number of fused-ring (bicyclic) bond motifs is 1. The predicted octanol–water partition coefficient (Wildman–Crippen LogP) is 7.49. The van der Waals surface area contributed by atoms with Gasteiger partial charge >= 0.3 is 6.09 Å². The van der Waals surface area contributed by atoms with Crippen molar-refractivity contribution in [1.82, 2.24) is 35.1 Å². The molecule has 294 valence electrons. The Hall–Kier alpha value is -6.01. The molecule has 3 amide bonds. The van der Waals surface area contributed by atoms with E-state index < -0.39 is 18.2 Å². The third kappa shape index (κ3) is 7.74. The molecule has 2 saturated heterocycles. The van der Waals surface area contributed by atoms with E-state index in [2.05, 4.69) is 80.9 Å². The van der Waals surface area contributed by atoms with Crippen LogP contribution < -0.4 is 5.32 Å². The predicted molar refractivity (Wildman–Crippen MR) is 218 cm³/mol. The Labute approximate surface area is 332 Å². The molecule has 0 radical (unpaired) electrons. The number of H-pyrrole nitrogens is 2.